The van der Waals surface area contributed by atoms with Crippen LogP contribution in [0.2, 0.25) is 0 Å². The number of carbonyl (C=O) groups excluding carboxylic acids is 1. The summed E-state index contributed by atoms with van der Waals surface area (Å²) in [5.74, 6) is 0. The van der Waals surface area contributed by atoms with Gasteiger partial charge in [0.15, 0.2) is 0 Å². The van der Waals surface area contributed by atoms with Gasteiger partial charge in [-0.2, -0.15) is 5.10 Å². The molecule has 80 valence electrons. The van der Waals surface area contributed by atoms with Crippen LogP contribution in [0.5, 0.6) is 0 Å². The Bertz CT molecular complexity index is 398. The van der Waals surface area contributed by atoms with Gasteiger partial charge in [-0.15, -0.1) is 6.58 Å². The molecular weight excluding hydrogens is 219 g/mol. The van der Waals surface area contributed by atoms with Gasteiger partial charge in [-0.05, 0) is 11.6 Å². The first kappa shape index (κ1) is 11.7. The lowest BCUT2D eigenvalue weighted by Crippen LogP contribution is -1.96. The van der Waals surface area contributed by atoms with Crippen molar-refractivity contribution >= 4 is 16.8 Å². The molecule has 0 radical (unpaired) electrons. The molecule has 0 saturated carbocycles. The van der Waals surface area contributed by atoms with Crippen LogP contribution in [0.25, 0.3) is 0 Å². The van der Waals surface area contributed by atoms with E-state index in [2.05, 4.69) is 11.7 Å². The zero-order valence-corrected chi connectivity index (χ0v) is 8.75. The first-order valence-electron chi connectivity index (χ1n) is 4.31. The third-order valence-electron chi connectivity index (χ3n) is 1.77. The van der Waals surface area contributed by atoms with E-state index in [0.717, 1.165) is 0 Å². The van der Waals surface area contributed by atoms with Crippen molar-refractivity contribution in [3.63, 3.8) is 0 Å². The van der Waals surface area contributed by atoms with Crippen LogP contribution in [-0.4, -0.2) is 15.0 Å². The monoisotopic (exact) mass is 228 g/mol. The lowest BCUT2D eigenvalue weighted by Gasteiger charge is -1.92. The Morgan fingerprint density at radius 3 is 3.00 bits per heavy atom. The van der Waals surface area contributed by atoms with Gasteiger partial charge >= 0.3 is 0 Å². The van der Waals surface area contributed by atoms with E-state index in [1.807, 2.05) is 0 Å². The second-order valence-corrected chi connectivity index (χ2v) is 3.18. The molecule has 0 amide bonds. The van der Waals surface area contributed by atoms with E-state index < -0.39 is 5.24 Å². The Kier molecular flexibility index (Phi) is 4.24. The Hall–Kier alpha value is -1.42. The fourth-order valence-corrected chi connectivity index (χ4v) is 1.32. The summed E-state index contributed by atoms with van der Waals surface area (Å²) < 4.78 is 13.3. The summed E-state index contributed by atoms with van der Waals surface area (Å²) >= 11 is 5.36. The average molecular weight is 229 g/mol. The van der Waals surface area contributed by atoms with Crippen molar-refractivity contribution in [2.24, 2.45) is 0 Å². The molecule has 0 aliphatic heterocycles. The van der Waals surface area contributed by atoms with E-state index in [4.69, 9.17) is 11.6 Å². The molecular formula is C10H10ClFN2O. The third kappa shape index (κ3) is 3.02. The van der Waals surface area contributed by atoms with Gasteiger partial charge in [-0.25, -0.2) is 4.39 Å². The fraction of sp³-hybridized carbons (Fsp3) is 0.200. The SMILES string of the molecule is C=CCn1cc(C(=O)Cl)c(CC=CF)n1. The average Bonchev–Trinajstić information content (AvgIpc) is 2.59. The predicted octanol–water partition coefficient (Wildman–Crippen LogP) is 2.47. The highest BCUT2D eigenvalue weighted by atomic mass is 35.5. The van der Waals surface area contributed by atoms with Gasteiger partial charge in [-0.3, -0.25) is 9.48 Å². The number of allylic oxidation sites excluding steroid dienone is 2. The Morgan fingerprint density at radius 2 is 2.47 bits per heavy atom. The molecule has 1 aromatic heterocycles. The maximum absolute atomic E-state index is 11.8. The quantitative estimate of drug-likeness (QED) is 0.573. The van der Waals surface area contributed by atoms with Gasteiger partial charge in [0.05, 0.1) is 24.1 Å². The van der Waals surface area contributed by atoms with Crippen LogP contribution in [0.1, 0.15) is 16.1 Å². The fourth-order valence-electron chi connectivity index (χ4n) is 1.16. The van der Waals surface area contributed by atoms with E-state index in [1.165, 1.54) is 17.0 Å². The largest absolute Gasteiger partial charge is 0.275 e. The summed E-state index contributed by atoms with van der Waals surface area (Å²) in [4.78, 5) is 11.0. The molecule has 0 bridgehead atoms. The Balaban J connectivity index is 2.99. The van der Waals surface area contributed by atoms with Gasteiger partial charge in [0, 0.05) is 12.6 Å². The molecule has 0 spiro atoms. The van der Waals surface area contributed by atoms with E-state index in [0.29, 0.717) is 24.1 Å². The normalized spacial score (nSPS) is 10.8. The maximum atomic E-state index is 11.8. The number of nitrogens with zero attached hydrogens (tertiary/aromatic N) is 2. The molecule has 0 fully saturated rings. The molecule has 1 heterocycles. The summed E-state index contributed by atoms with van der Waals surface area (Å²) in [6.07, 6.45) is 5.09. The molecule has 5 heteroatoms. The second kappa shape index (κ2) is 5.46. The minimum atomic E-state index is -0.590. The molecule has 1 rings (SSSR count). The van der Waals surface area contributed by atoms with Crippen LogP contribution in [0.4, 0.5) is 4.39 Å². The van der Waals surface area contributed by atoms with Crippen molar-refractivity contribution < 1.29 is 9.18 Å². The van der Waals surface area contributed by atoms with Crippen LogP contribution in [-0.2, 0) is 13.0 Å². The van der Waals surface area contributed by atoms with Crippen molar-refractivity contribution in [2.45, 2.75) is 13.0 Å². The van der Waals surface area contributed by atoms with Crippen LogP contribution >= 0.6 is 11.6 Å². The number of aromatic nitrogens is 2. The molecule has 0 unspecified atom stereocenters. The summed E-state index contributed by atoms with van der Waals surface area (Å²) in [5, 5.41) is 3.49. The third-order valence-corrected chi connectivity index (χ3v) is 1.97. The number of halogens is 2. The van der Waals surface area contributed by atoms with Crippen molar-refractivity contribution in [1.29, 1.82) is 0 Å². The van der Waals surface area contributed by atoms with Gasteiger partial charge in [-0.1, -0.05) is 12.2 Å². The number of carbonyl (C=O) groups is 1. The highest BCUT2D eigenvalue weighted by molar-refractivity contribution is 6.67. The van der Waals surface area contributed by atoms with E-state index in [1.54, 1.807) is 6.08 Å². The number of rotatable bonds is 5. The van der Waals surface area contributed by atoms with E-state index in [-0.39, 0.29) is 6.42 Å². The predicted molar refractivity (Wildman–Crippen MR) is 56.6 cm³/mol. The van der Waals surface area contributed by atoms with Crippen molar-refractivity contribution in [1.82, 2.24) is 9.78 Å². The highest BCUT2D eigenvalue weighted by Crippen LogP contribution is 2.11. The van der Waals surface area contributed by atoms with Gasteiger partial charge in [0.25, 0.3) is 5.24 Å². The highest BCUT2D eigenvalue weighted by Gasteiger charge is 2.12. The topological polar surface area (TPSA) is 34.9 Å². The van der Waals surface area contributed by atoms with Gasteiger partial charge in [0.1, 0.15) is 0 Å². The van der Waals surface area contributed by atoms with Crippen molar-refractivity contribution in [2.75, 3.05) is 0 Å². The molecule has 3 nitrogen and oxygen atoms in total. The van der Waals surface area contributed by atoms with Crippen molar-refractivity contribution in [3.8, 4) is 0 Å². The van der Waals surface area contributed by atoms with E-state index in [9.17, 15) is 9.18 Å². The van der Waals surface area contributed by atoms with Gasteiger partial charge in [0.2, 0.25) is 0 Å². The van der Waals surface area contributed by atoms with Gasteiger partial charge < -0.3 is 0 Å². The zero-order chi connectivity index (χ0) is 11.3. The van der Waals surface area contributed by atoms with Crippen LogP contribution in [0, 0.1) is 0 Å². The molecule has 0 saturated heterocycles. The van der Waals surface area contributed by atoms with Crippen LogP contribution in [0.15, 0.2) is 31.3 Å². The molecule has 0 N–H and O–H groups in total. The van der Waals surface area contributed by atoms with Crippen molar-refractivity contribution in [3.05, 3.63) is 42.5 Å². The minimum absolute atomic E-state index is 0.244. The second-order valence-electron chi connectivity index (χ2n) is 2.84. The zero-order valence-electron chi connectivity index (χ0n) is 7.99. The first-order valence-corrected chi connectivity index (χ1v) is 4.69. The molecule has 0 aromatic carbocycles. The number of hydrogen-bond acceptors (Lipinski definition) is 2. The lowest BCUT2D eigenvalue weighted by molar-refractivity contribution is 0.108. The molecule has 15 heavy (non-hydrogen) atoms. The summed E-state index contributed by atoms with van der Waals surface area (Å²) in [5.41, 5.74) is 0.766. The van der Waals surface area contributed by atoms with Crippen LogP contribution < -0.4 is 0 Å². The lowest BCUT2D eigenvalue weighted by atomic mass is 10.2. The molecule has 1 aromatic rings. The molecule has 0 atom stereocenters. The van der Waals surface area contributed by atoms with Crippen LogP contribution in [0.3, 0.4) is 0 Å². The first-order chi connectivity index (χ1) is 7.19. The van der Waals surface area contributed by atoms with E-state index >= 15 is 0 Å². The Labute approximate surface area is 91.8 Å². The Morgan fingerprint density at radius 1 is 1.73 bits per heavy atom. The molecule has 0 aliphatic carbocycles. The summed E-state index contributed by atoms with van der Waals surface area (Å²) in [7, 11) is 0. The summed E-state index contributed by atoms with van der Waals surface area (Å²) in [6.45, 7) is 4.03. The summed E-state index contributed by atoms with van der Waals surface area (Å²) in [6, 6.07) is 0. The smallest absolute Gasteiger partial charge is 0.255 e. The molecule has 0 aliphatic rings. The standard InChI is InChI=1S/C10H10ClFN2O/c1-2-6-14-7-8(10(11)15)9(13-14)4-3-5-12/h2-3,5,7H,1,4,6H2. The minimum Gasteiger partial charge on any atom is -0.275 e. The number of hydrogen-bond donors (Lipinski definition) is 0. The maximum Gasteiger partial charge on any atom is 0.255 e.